The van der Waals surface area contributed by atoms with Crippen LogP contribution in [0.5, 0.6) is 0 Å². The average Bonchev–Trinajstić information content (AvgIpc) is 2.92. The van der Waals surface area contributed by atoms with Gasteiger partial charge in [-0.05, 0) is 42.0 Å². The Labute approximate surface area is 184 Å². The van der Waals surface area contributed by atoms with E-state index in [9.17, 15) is 14.7 Å². The number of carbonyl (C=O) groups is 2. The molecule has 3 aromatic rings. The molecule has 2 aromatic carbocycles. The number of aromatic nitrogens is 1. The molecule has 0 fully saturated rings. The highest BCUT2D eigenvalue weighted by Crippen LogP contribution is 2.45. The van der Waals surface area contributed by atoms with Crippen molar-refractivity contribution in [3.05, 3.63) is 92.6 Å². The summed E-state index contributed by atoms with van der Waals surface area (Å²) in [6.45, 7) is 0.278. The summed E-state index contributed by atoms with van der Waals surface area (Å²) >= 11 is 6.91. The number of Topliss-reactive ketones (excluding diaryl/α,β-unsaturated/α-hetero) is 1. The number of rotatable bonds is 5. The number of anilines is 1. The average molecular weight is 516 g/mol. The molecule has 1 aromatic heterocycles. The van der Waals surface area contributed by atoms with Crippen LogP contribution in [0, 0.1) is 0 Å². The number of pyridine rings is 1. The van der Waals surface area contributed by atoms with E-state index in [2.05, 4.69) is 36.8 Å². The molecule has 0 aliphatic carbocycles. The highest BCUT2D eigenvalue weighted by molar-refractivity contribution is 9.10. The Kier molecular flexibility index (Phi) is 5.38. The minimum absolute atomic E-state index is 0.278. The zero-order valence-electron chi connectivity index (χ0n) is 15.2. The van der Waals surface area contributed by atoms with Crippen molar-refractivity contribution in [2.75, 3.05) is 4.90 Å². The fourth-order valence-corrected chi connectivity index (χ4v) is 4.29. The SMILES string of the molecule is O=C(CC1(O)C(=O)N(Cc2ccccc2Br)c2ccc(Br)cc21)c1ccncc1. The van der Waals surface area contributed by atoms with Crippen molar-refractivity contribution in [1.29, 1.82) is 0 Å². The molecule has 2 heterocycles. The van der Waals surface area contributed by atoms with E-state index in [-0.39, 0.29) is 18.7 Å². The molecule has 1 N–H and O–H groups in total. The van der Waals surface area contributed by atoms with Crippen LogP contribution in [0.15, 0.2) is 75.9 Å². The summed E-state index contributed by atoms with van der Waals surface area (Å²) < 4.78 is 1.59. The predicted octanol–water partition coefficient (Wildman–Crippen LogP) is 4.61. The van der Waals surface area contributed by atoms with Crippen LogP contribution in [-0.4, -0.2) is 21.8 Å². The molecule has 0 saturated carbocycles. The first-order chi connectivity index (χ1) is 13.9. The topological polar surface area (TPSA) is 70.5 Å². The van der Waals surface area contributed by atoms with Crippen LogP contribution < -0.4 is 4.90 Å². The molecule has 7 heteroatoms. The Balaban J connectivity index is 1.73. The summed E-state index contributed by atoms with van der Waals surface area (Å²) in [5, 5.41) is 11.4. The normalized spacial score (nSPS) is 18.0. The van der Waals surface area contributed by atoms with E-state index in [0.717, 1.165) is 14.5 Å². The number of hydrogen-bond donors (Lipinski definition) is 1. The van der Waals surface area contributed by atoms with E-state index in [4.69, 9.17) is 0 Å². The zero-order valence-corrected chi connectivity index (χ0v) is 18.4. The Morgan fingerprint density at radius 1 is 1.07 bits per heavy atom. The second-order valence-corrected chi connectivity index (χ2v) is 8.61. The van der Waals surface area contributed by atoms with Crippen LogP contribution >= 0.6 is 31.9 Å². The number of nitrogens with zero attached hydrogens (tertiary/aromatic N) is 2. The predicted molar refractivity (Wildman–Crippen MR) is 117 cm³/mol. The molecule has 29 heavy (non-hydrogen) atoms. The lowest BCUT2D eigenvalue weighted by Crippen LogP contribution is -2.41. The summed E-state index contributed by atoms with van der Waals surface area (Å²) in [4.78, 5) is 31.6. The summed E-state index contributed by atoms with van der Waals surface area (Å²) in [6, 6.07) is 16.0. The Hall–Kier alpha value is -2.35. The van der Waals surface area contributed by atoms with Crippen molar-refractivity contribution in [2.24, 2.45) is 0 Å². The molecule has 1 unspecified atom stereocenters. The lowest BCUT2D eigenvalue weighted by Gasteiger charge is -2.23. The number of ketones is 1. The minimum atomic E-state index is -1.93. The molecule has 4 rings (SSSR count). The third-order valence-electron chi connectivity index (χ3n) is 5.00. The van der Waals surface area contributed by atoms with Crippen molar-refractivity contribution < 1.29 is 14.7 Å². The molecule has 1 aliphatic heterocycles. The quantitative estimate of drug-likeness (QED) is 0.503. The van der Waals surface area contributed by atoms with Gasteiger partial charge in [0, 0.05) is 32.5 Å². The van der Waals surface area contributed by atoms with Gasteiger partial charge < -0.3 is 10.0 Å². The highest BCUT2D eigenvalue weighted by atomic mass is 79.9. The zero-order chi connectivity index (χ0) is 20.6. The van der Waals surface area contributed by atoms with Gasteiger partial charge in [0.15, 0.2) is 11.4 Å². The maximum atomic E-state index is 13.4. The van der Waals surface area contributed by atoms with Crippen molar-refractivity contribution in [3.8, 4) is 0 Å². The van der Waals surface area contributed by atoms with Gasteiger partial charge in [-0.3, -0.25) is 14.6 Å². The molecule has 1 amide bonds. The number of fused-ring (bicyclic) bond motifs is 1. The van der Waals surface area contributed by atoms with Gasteiger partial charge in [0.2, 0.25) is 0 Å². The summed E-state index contributed by atoms with van der Waals surface area (Å²) in [7, 11) is 0. The molecule has 5 nitrogen and oxygen atoms in total. The van der Waals surface area contributed by atoms with Gasteiger partial charge in [-0.2, -0.15) is 0 Å². The maximum absolute atomic E-state index is 13.4. The van der Waals surface area contributed by atoms with E-state index >= 15 is 0 Å². The summed E-state index contributed by atoms with van der Waals surface area (Å²) in [6.07, 6.45) is 2.68. The standard InChI is InChI=1S/C22H16Br2N2O3/c23-16-5-6-19-17(11-16)22(29,12-20(27)14-7-9-25-10-8-14)21(28)26(19)13-15-3-1-2-4-18(15)24/h1-11,29H,12-13H2. The van der Waals surface area contributed by atoms with Gasteiger partial charge in [-0.1, -0.05) is 50.1 Å². The summed E-state index contributed by atoms with van der Waals surface area (Å²) in [5.74, 6) is -0.833. The number of amides is 1. The molecule has 0 bridgehead atoms. The van der Waals surface area contributed by atoms with Crippen LogP contribution in [0.25, 0.3) is 0 Å². The highest BCUT2D eigenvalue weighted by Gasteiger charge is 2.51. The van der Waals surface area contributed by atoms with Crippen LogP contribution in [0.2, 0.25) is 0 Å². The Bertz CT molecular complexity index is 1100. The van der Waals surface area contributed by atoms with Gasteiger partial charge in [-0.25, -0.2) is 0 Å². The van der Waals surface area contributed by atoms with Gasteiger partial charge >= 0.3 is 0 Å². The van der Waals surface area contributed by atoms with E-state index in [1.54, 1.807) is 24.3 Å². The first-order valence-electron chi connectivity index (χ1n) is 8.91. The number of benzene rings is 2. The fourth-order valence-electron chi connectivity index (χ4n) is 3.52. The largest absolute Gasteiger partial charge is 0.375 e. The van der Waals surface area contributed by atoms with E-state index in [1.165, 1.54) is 17.3 Å². The van der Waals surface area contributed by atoms with Gasteiger partial charge in [0.1, 0.15) is 0 Å². The van der Waals surface area contributed by atoms with Gasteiger partial charge in [0.25, 0.3) is 5.91 Å². The van der Waals surface area contributed by atoms with E-state index < -0.39 is 11.5 Å². The Morgan fingerprint density at radius 3 is 2.52 bits per heavy atom. The van der Waals surface area contributed by atoms with Crippen LogP contribution in [0.3, 0.4) is 0 Å². The van der Waals surface area contributed by atoms with Crippen molar-refractivity contribution in [1.82, 2.24) is 4.98 Å². The lowest BCUT2D eigenvalue weighted by molar-refractivity contribution is -0.136. The maximum Gasteiger partial charge on any atom is 0.264 e. The third kappa shape index (κ3) is 3.66. The Morgan fingerprint density at radius 2 is 1.79 bits per heavy atom. The number of carbonyl (C=O) groups excluding carboxylic acids is 2. The van der Waals surface area contributed by atoms with Gasteiger partial charge in [0.05, 0.1) is 18.7 Å². The van der Waals surface area contributed by atoms with E-state index in [0.29, 0.717) is 16.8 Å². The first-order valence-corrected chi connectivity index (χ1v) is 10.5. The van der Waals surface area contributed by atoms with Crippen LogP contribution in [0.4, 0.5) is 5.69 Å². The molecular weight excluding hydrogens is 500 g/mol. The van der Waals surface area contributed by atoms with Crippen molar-refractivity contribution >= 4 is 49.2 Å². The molecule has 0 spiro atoms. The molecular formula is C22H16Br2N2O3. The number of hydrogen-bond acceptors (Lipinski definition) is 4. The monoisotopic (exact) mass is 514 g/mol. The minimum Gasteiger partial charge on any atom is -0.375 e. The third-order valence-corrected chi connectivity index (χ3v) is 6.27. The van der Waals surface area contributed by atoms with Crippen LogP contribution in [0.1, 0.15) is 27.9 Å². The summed E-state index contributed by atoms with van der Waals surface area (Å²) in [5.41, 5.74) is 0.396. The van der Waals surface area contributed by atoms with Crippen molar-refractivity contribution in [3.63, 3.8) is 0 Å². The smallest absolute Gasteiger partial charge is 0.264 e. The second kappa shape index (κ2) is 7.82. The molecule has 0 radical (unpaired) electrons. The molecule has 1 aliphatic rings. The molecule has 146 valence electrons. The van der Waals surface area contributed by atoms with E-state index in [1.807, 2.05) is 30.3 Å². The number of halogens is 2. The van der Waals surface area contributed by atoms with Crippen LogP contribution in [-0.2, 0) is 16.9 Å². The second-order valence-electron chi connectivity index (χ2n) is 6.84. The molecule has 1 atom stereocenters. The first kappa shape index (κ1) is 19.9. The van der Waals surface area contributed by atoms with Gasteiger partial charge in [-0.15, -0.1) is 0 Å². The molecule has 0 saturated heterocycles. The number of aliphatic hydroxyl groups is 1. The fraction of sp³-hybridized carbons (Fsp3) is 0.136. The van der Waals surface area contributed by atoms with Crippen molar-refractivity contribution in [2.45, 2.75) is 18.6 Å². The lowest BCUT2D eigenvalue weighted by atomic mass is 9.88.